The Hall–Kier alpha value is -3.32. The lowest BCUT2D eigenvalue weighted by Crippen LogP contribution is -2.43. The minimum atomic E-state index is -0.106. The molecule has 1 heterocycles. The Labute approximate surface area is 224 Å². The molecule has 0 atom stereocenters. The fourth-order valence-electron chi connectivity index (χ4n) is 4.18. The van der Waals surface area contributed by atoms with E-state index in [1.165, 1.54) is 11.1 Å². The molecule has 2 amide bonds. The van der Waals surface area contributed by atoms with Gasteiger partial charge in [-0.1, -0.05) is 32.0 Å². The molecule has 2 aromatic carbocycles. The van der Waals surface area contributed by atoms with Crippen LogP contribution in [-0.2, 0) is 24.2 Å². The maximum absolute atomic E-state index is 13.6. The summed E-state index contributed by atoms with van der Waals surface area (Å²) >= 11 is 1.65. The van der Waals surface area contributed by atoms with Crippen molar-refractivity contribution in [2.75, 3.05) is 33.9 Å². The van der Waals surface area contributed by atoms with Crippen molar-refractivity contribution < 1.29 is 19.1 Å². The molecule has 0 aliphatic heterocycles. The number of aryl methyl sites for hydroxylation is 2. The zero-order valence-electron chi connectivity index (χ0n) is 22.6. The van der Waals surface area contributed by atoms with Crippen molar-refractivity contribution in [3.05, 3.63) is 81.0 Å². The quantitative estimate of drug-likeness (QED) is 0.286. The molecule has 0 radical (unpaired) electrons. The zero-order valence-corrected chi connectivity index (χ0v) is 23.4. The van der Waals surface area contributed by atoms with Crippen molar-refractivity contribution >= 4 is 23.2 Å². The van der Waals surface area contributed by atoms with Crippen LogP contribution in [-0.4, -0.2) is 55.5 Å². The van der Waals surface area contributed by atoms with Crippen molar-refractivity contribution in [3.8, 4) is 11.5 Å². The predicted molar refractivity (Wildman–Crippen MR) is 150 cm³/mol. The third-order valence-corrected chi connectivity index (χ3v) is 7.50. The number of benzene rings is 2. The third kappa shape index (κ3) is 7.59. The van der Waals surface area contributed by atoms with E-state index in [0.29, 0.717) is 43.1 Å². The van der Waals surface area contributed by atoms with E-state index in [2.05, 4.69) is 25.3 Å². The summed E-state index contributed by atoms with van der Waals surface area (Å²) in [6, 6.07) is 15.6. The van der Waals surface area contributed by atoms with Crippen LogP contribution in [0.4, 0.5) is 0 Å². The highest BCUT2D eigenvalue weighted by Crippen LogP contribution is 2.28. The lowest BCUT2D eigenvalue weighted by molar-refractivity contribution is -0.132. The second-order valence-corrected chi connectivity index (χ2v) is 10.1. The van der Waals surface area contributed by atoms with Crippen molar-refractivity contribution in [3.63, 3.8) is 0 Å². The van der Waals surface area contributed by atoms with Gasteiger partial charge in [0.1, 0.15) is 6.54 Å². The number of rotatable bonds is 13. The van der Waals surface area contributed by atoms with Crippen LogP contribution in [0.3, 0.4) is 0 Å². The molecule has 7 heteroatoms. The van der Waals surface area contributed by atoms with E-state index in [0.717, 1.165) is 23.3 Å². The maximum atomic E-state index is 13.6. The molecular weight excluding hydrogens is 484 g/mol. The first-order chi connectivity index (χ1) is 17.9. The molecular formula is C30H38N2O4S. The molecule has 0 N–H and O–H groups in total. The highest BCUT2D eigenvalue weighted by atomic mass is 32.1. The molecule has 37 heavy (non-hydrogen) atoms. The van der Waals surface area contributed by atoms with Crippen LogP contribution < -0.4 is 9.47 Å². The largest absolute Gasteiger partial charge is 0.493 e. The summed E-state index contributed by atoms with van der Waals surface area (Å²) in [5.74, 6) is 1.18. The first-order valence-corrected chi connectivity index (χ1v) is 13.7. The Morgan fingerprint density at radius 2 is 1.57 bits per heavy atom. The molecule has 0 spiro atoms. The van der Waals surface area contributed by atoms with Gasteiger partial charge in [-0.05, 0) is 78.6 Å². The van der Waals surface area contributed by atoms with E-state index in [-0.39, 0.29) is 18.4 Å². The summed E-state index contributed by atoms with van der Waals surface area (Å²) in [4.78, 5) is 31.6. The van der Waals surface area contributed by atoms with Gasteiger partial charge in [0, 0.05) is 23.5 Å². The molecule has 3 aromatic rings. The summed E-state index contributed by atoms with van der Waals surface area (Å²) in [5.41, 5.74) is 4.02. The number of ether oxygens (including phenoxy) is 2. The Bertz CT molecular complexity index is 1170. The van der Waals surface area contributed by atoms with Crippen LogP contribution >= 0.6 is 11.3 Å². The number of carbonyl (C=O) groups excluding carboxylic acids is 2. The van der Waals surface area contributed by atoms with Crippen LogP contribution in [0.5, 0.6) is 11.5 Å². The second kappa shape index (κ2) is 13.8. The molecule has 198 valence electrons. The van der Waals surface area contributed by atoms with E-state index in [9.17, 15) is 9.59 Å². The summed E-state index contributed by atoms with van der Waals surface area (Å²) in [7, 11) is 3.23. The van der Waals surface area contributed by atoms with E-state index in [4.69, 9.17) is 9.47 Å². The topological polar surface area (TPSA) is 59.1 Å². The van der Waals surface area contributed by atoms with Crippen LogP contribution in [0.15, 0.2) is 53.9 Å². The monoisotopic (exact) mass is 522 g/mol. The van der Waals surface area contributed by atoms with Gasteiger partial charge in [0.15, 0.2) is 11.5 Å². The molecule has 1 aromatic heterocycles. The molecule has 0 aliphatic carbocycles. The minimum absolute atomic E-state index is 0.0541. The van der Waals surface area contributed by atoms with Gasteiger partial charge < -0.3 is 19.3 Å². The maximum Gasteiger partial charge on any atom is 0.254 e. The number of amides is 2. The second-order valence-electron chi connectivity index (χ2n) is 9.06. The summed E-state index contributed by atoms with van der Waals surface area (Å²) < 4.78 is 10.8. The summed E-state index contributed by atoms with van der Waals surface area (Å²) in [6.07, 6.45) is 2.36. The van der Waals surface area contributed by atoms with Gasteiger partial charge in [-0.25, -0.2) is 0 Å². The van der Waals surface area contributed by atoms with Gasteiger partial charge >= 0.3 is 0 Å². The van der Waals surface area contributed by atoms with Crippen LogP contribution in [0.1, 0.15) is 52.2 Å². The first-order valence-electron chi connectivity index (χ1n) is 12.8. The van der Waals surface area contributed by atoms with E-state index in [1.807, 2.05) is 54.3 Å². The lowest BCUT2D eigenvalue weighted by Gasteiger charge is -2.28. The van der Waals surface area contributed by atoms with Crippen molar-refractivity contribution in [2.24, 2.45) is 0 Å². The van der Waals surface area contributed by atoms with E-state index in [1.54, 1.807) is 30.5 Å². The van der Waals surface area contributed by atoms with E-state index >= 15 is 0 Å². The first kappa shape index (κ1) is 28.3. The number of nitrogens with zero attached hydrogens (tertiary/aromatic N) is 2. The average molecular weight is 523 g/mol. The van der Waals surface area contributed by atoms with Gasteiger partial charge in [-0.3, -0.25) is 9.59 Å². The smallest absolute Gasteiger partial charge is 0.254 e. The van der Waals surface area contributed by atoms with Crippen molar-refractivity contribution in [1.82, 2.24) is 9.80 Å². The molecule has 3 rings (SSSR count). The van der Waals surface area contributed by atoms with Gasteiger partial charge in [0.2, 0.25) is 5.91 Å². The zero-order chi connectivity index (χ0) is 26.8. The Morgan fingerprint density at radius 3 is 2.16 bits per heavy atom. The number of hydrogen-bond donors (Lipinski definition) is 0. The lowest BCUT2D eigenvalue weighted by atomic mass is 10.1. The molecule has 0 bridgehead atoms. The Balaban J connectivity index is 1.78. The van der Waals surface area contributed by atoms with Crippen LogP contribution in [0.2, 0.25) is 0 Å². The number of thiophene rings is 1. The number of hydrogen-bond acceptors (Lipinski definition) is 5. The summed E-state index contributed by atoms with van der Waals surface area (Å²) in [5, 5.41) is 2.05. The fraction of sp³-hybridized carbons (Fsp3) is 0.400. The SMILES string of the molecule is CCCN(CC(=O)N(CCc1ccc(OC)c(OC)c1)Cc1sccc1C)C(=O)c1ccc(CC)cc1. The average Bonchev–Trinajstić information content (AvgIpc) is 3.33. The Morgan fingerprint density at radius 1 is 0.865 bits per heavy atom. The van der Waals surface area contributed by atoms with Gasteiger partial charge in [0.05, 0.1) is 20.8 Å². The highest BCUT2D eigenvalue weighted by molar-refractivity contribution is 7.10. The van der Waals surface area contributed by atoms with Crippen molar-refractivity contribution in [2.45, 2.75) is 46.6 Å². The molecule has 0 unspecified atom stereocenters. The number of methoxy groups -OCH3 is 2. The normalized spacial score (nSPS) is 10.7. The van der Waals surface area contributed by atoms with E-state index < -0.39 is 0 Å². The highest BCUT2D eigenvalue weighted by Gasteiger charge is 2.23. The minimum Gasteiger partial charge on any atom is -0.493 e. The van der Waals surface area contributed by atoms with Crippen LogP contribution in [0, 0.1) is 6.92 Å². The van der Waals surface area contributed by atoms with Crippen LogP contribution in [0.25, 0.3) is 0 Å². The fourth-order valence-corrected chi connectivity index (χ4v) is 5.10. The van der Waals surface area contributed by atoms with Gasteiger partial charge in [-0.15, -0.1) is 11.3 Å². The molecule has 0 aliphatic rings. The molecule has 0 saturated carbocycles. The summed E-state index contributed by atoms with van der Waals surface area (Å²) in [6.45, 7) is 7.81. The molecule has 0 fully saturated rings. The Kier molecular flexibility index (Phi) is 10.6. The van der Waals surface area contributed by atoms with Crippen molar-refractivity contribution in [1.29, 1.82) is 0 Å². The molecule has 0 saturated heterocycles. The number of carbonyl (C=O) groups is 2. The van der Waals surface area contributed by atoms with Gasteiger partial charge in [-0.2, -0.15) is 0 Å². The predicted octanol–water partition coefficient (Wildman–Crippen LogP) is 5.76. The van der Waals surface area contributed by atoms with Gasteiger partial charge in [0.25, 0.3) is 5.91 Å². The molecule has 6 nitrogen and oxygen atoms in total. The third-order valence-electron chi connectivity index (χ3n) is 6.49. The standard InChI is InChI=1S/C30H38N2O4S/c1-6-16-32(30(34)25-11-8-23(7-2)9-12-25)21-29(33)31(20-28-22(3)15-18-37-28)17-14-24-10-13-26(35-4)27(19-24)36-5/h8-13,15,18-19H,6-7,14,16-17,20-21H2,1-5H3.